The Labute approximate surface area is 108 Å². The number of fused-ring (bicyclic) bond motifs is 1. The lowest BCUT2D eigenvalue weighted by Crippen LogP contribution is -2.29. The maximum Gasteiger partial charge on any atom is 0.329 e. The topological polar surface area (TPSA) is 113 Å². The van der Waals surface area contributed by atoms with Gasteiger partial charge in [0, 0.05) is 20.5 Å². The maximum absolute atomic E-state index is 11.8. The summed E-state index contributed by atoms with van der Waals surface area (Å²) >= 11 is 0. The SMILES string of the molecule is Cn1c(CCC(O)CO)nc2c1c(=O)[nH]c(=O)n2C. The Hall–Kier alpha value is -1.93. The molecule has 19 heavy (non-hydrogen) atoms. The number of aryl methyl sites for hydroxylation is 3. The van der Waals surface area contributed by atoms with Crippen molar-refractivity contribution in [1.82, 2.24) is 19.1 Å². The van der Waals surface area contributed by atoms with E-state index in [2.05, 4.69) is 9.97 Å². The molecule has 0 aliphatic carbocycles. The Morgan fingerprint density at radius 3 is 2.63 bits per heavy atom. The fraction of sp³-hybridized carbons (Fsp3) is 0.545. The average Bonchev–Trinajstić information content (AvgIpc) is 2.71. The highest BCUT2D eigenvalue weighted by Gasteiger charge is 2.15. The lowest BCUT2D eigenvalue weighted by atomic mass is 10.2. The van der Waals surface area contributed by atoms with Crippen molar-refractivity contribution in [1.29, 1.82) is 0 Å². The van der Waals surface area contributed by atoms with Crippen molar-refractivity contribution >= 4 is 11.2 Å². The predicted molar refractivity (Wildman–Crippen MR) is 68.0 cm³/mol. The van der Waals surface area contributed by atoms with E-state index in [1.807, 2.05) is 0 Å². The first-order chi connectivity index (χ1) is 8.95. The molecule has 1 atom stereocenters. The second-order valence-electron chi connectivity index (χ2n) is 4.45. The second-order valence-corrected chi connectivity index (χ2v) is 4.45. The summed E-state index contributed by atoms with van der Waals surface area (Å²) < 4.78 is 2.86. The molecule has 104 valence electrons. The molecule has 0 saturated heterocycles. The molecule has 0 saturated carbocycles. The summed E-state index contributed by atoms with van der Waals surface area (Å²) in [6.45, 7) is -0.316. The third-order valence-corrected chi connectivity index (χ3v) is 3.14. The van der Waals surface area contributed by atoms with E-state index in [0.717, 1.165) is 0 Å². The number of aliphatic hydroxyl groups is 2. The molecule has 8 heteroatoms. The maximum atomic E-state index is 11.8. The van der Waals surface area contributed by atoms with Gasteiger partial charge in [-0.15, -0.1) is 0 Å². The molecule has 0 bridgehead atoms. The number of nitrogens with zero attached hydrogens (tertiary/aromatic N) is 3. The monoisotopic (exact) mass is 268 g/mol. The molecule has 8 nitrogen and oxygen atoms in total. The highest BCUT2D eigenvalue weighted by Crippen LogP contribution is 2.10. The van der Waals surface area contributed by atoms with Gasteiger partial charge >= 0.3 is 5.69 Å². The molecule has 2 aromatic rings. The first-order valence-electron chi connectivity index (χ1n) is 5.89. The quantitative estimate of drug-likeness (QED) is 0.608. The smallest absolute Gasteiger partial charge is 0.329 e. The molecular formula is C11H16N4O4. The summed E-state index contributed by atoms with van der Waals surface area (Å²) in [5.41, 5.74) is -0.375. The van der Waals surface area contributed by atoms with E-state index < -0.39 is 17.4 Å². The van der Waals surface area contributed by atoms with Crippen molar-refractivity contribution in [2.24, 2.45) is 14.1 Å². The highest BCUT2D eigenvalue weighted by molar-refractivity contribution is 5.70. The minimum Gasteiger partial charge on any atom is -0.394 e. The Bertz CT molecular complexity index is 712. The Morgan fingerprint density at radius 1 is 1.32 bits per heavy atom. The van der Waals surface area contributed by atoms with Crippen molar-refractivity contribution < 1.29 is 10.2 Å². The largest absolute Gasteiger partial charge is 0.394 e. The molecule has 0 aliphatic heterocycles. The summed E-state index contributed by atoms with van der Waals surface area (Å²) in [6, 6.07) is 0. The number of hydrogen-bond donors (Lipinski definition) is 3. The van der Waals surface area contributed by atoms with Crippen LogP contribution in [0.3, 0.4) is 0 Å². The lowest BCUT2D eigenvalue weighted by molar-refractivity contribution is 0.0880. The third kappa shape index (κ3) is 2.32. The zero-order chi connectivity index (χ0) is 14.2. The zero-order valence-electron chi connectivity index (χ0n) is 10.8. The Balaban J connectivity index is 2.51. The van der Waals surface area contributed by atoms with Gasteiger partial charge in [0.05, 0.1) is 12.7 Å². The van der Waals surface area contributed by atoms with Crippen molar-refractivity contribution in [2.45, 2.75) is 18.9 Å². The Morgan fingerprint density at radius 2 is 2.00 bits per heavy atom. The molecule has 2 aromatic heterocycles. The van der Waals surface area contributed by atoms with Crippen LogP contribution in [-0.2, 0) is 20.5 Å². The van der Waals surface area contributed by atoms with Crippen LogP contribution in [0.4, 0.5) is 0 Å². The number of nitrogens with one attached hydrogen (secondary N) is 1. The zero-order valence-corrected chi connectivity index (χ0v) is 10.8. The Kier molecular flexibility index (Phi) is 3.54. The van der Waals surface area contributed by atoms with Gasteiger partial charge in [0.25, 0.3) is 5.56 Å². The van der Waals surface area contributed by atoms with Crippen LogP contribution >= 0.6 is 0 Å². The van der Waals surface area contributed by atoms with Gasteiger partial charge in [0.2, 0.25) is 0 Å². The van der Waals surface area contributed by atoms with Crippen LogP contribution in [0.15, 0.2) is 9.59 Å². The van der Waals surface area contributed by atoms with E-state index in [1.165, 1.54) is 11.6 Å². The van der Waals surface area contributed by atoms with Gasteiger partial charge in [-0.3, -0.25) is 14.3 Å². The van der Waals surface area contributed by atoms with Crippen LogP contribution in [0, 0.1) is 0 Å². The number of hydrogen-bond acceptors (Lipinski definition) is 5. The molecule has 1 unspecified atom stereocenters. The summed E-state index contributed by atoms with van der Waals surface area (Å²) in [6.07, 6.45) is -0.0815. The molecule has 0 radical (unpaired) electrons. The first-order valence-corrected chi connectivity index (χ1v) is 5.89. The van der Waals surface area contributed by atoms with E-state index in [4.69, 9.17) is 5.11 Å². The van der Waals surface area contributed by atoms with Crippen molar-refractivity contribution in [2.75, 3.05) is 6.61 Å². The van der Waals surface area contributed by atoms with Crippen LogP contribution in [0.2, 0.25) is 0 Å². The predicted octanol–water partition coefficient (Wildman–Crippen LogP) is -1.75. The van der Waals surface area contributed by atoms with Gasteiger partial charge in [0.15, 0.2) is 11.2 Å². The van der Waals surface area contributed by atoms with Crippen LogP contribution < -0.4 is 11.2 Å². The van der Waals surface area contributed by atoms with Gasteiger partial charge in [-0.25, -0.2) is 9.78 Å². The molecule has 0 aromatic carbocycles. The first kappa shape index (κ1) is 13.5. The summed E-state index contributed by atoms with van der Waals surface area (Å²) in [5.74, 6) is 0.578. The molecule has 0 spiro atoms. The number of rotatable bonds is 4. The summed E-state index contributed by atoms with van der Waals surface area (Å²) in [5, 5.41) is 18.1. The number of H-pyrrole nitrogens is 1. The van der Waals surface area contributed by atoms with E-state index in [-0.39, 0.29) is 6.61 Å². The lowest BCUT2D eigenvalue weighted by Gasteiger charge is -2.06. The highest BCUT2D eigenvalue weighted by atomic mass is 16.3. The summed E-state index contributed by atoms with van der Waals surface area (Å²) in [7, 11) is 3.20. The molecule has 0 amide bonds. The number of imidazole rings is 1. The number of aromatic amines is 1. The van der Waals surface area contributed by atoms with Gasteiger partial charge in [-0.1, -0.05) is 0 Å². The van der Waals surface area contributed by atoms with Crippen LogP contribution in [-0.4, -0.2) is 42.0 Å². The van der Waals surface area contributed by atoms with Gasteiger partial charge < -0.3 is 14.8 Å². The summed E-state index contributed by atoms with van der Waals surface area (Å²) in [4.78, 5) is 29.7. The fourth-order valence-electron chi connectivity index (χ4n) is 1.96. The minimum atomic E-state index is -0.818. The van der Waals surface area contributed by atoms with Gasteiger partial charge in [-0.2, -0.15) is 0 Å². The van der Waals surface area contributed by atoms with Crippen molar-refractivity contribution in [3.8, 4) is 0 Å². The van der Waals surface area contributed by atoms with E-state index >= 15 is 0 Å². The molecule has 2 heterocycles. The van der Waals surface area contributed by atoms with Gasteiger partial charge in [-0.05, 0) is 6.42 Å². The molecular weight excluding hydrogens is 252 g/mol. The van der Waals surface area contributed by atoms with Crippen LogP contribution in [0.5, 0.6) is 0 Å². The molecule has 0 aliphatic rings. The standard InChI is InChI=1S/C11H16N4O4/c1-14-7(4-3-6(17)5-16)12-9-8(14)10(18)13-11(19)15(9)2/h6,16-17H,3-5H2,1-2H3,(H,13,18,19). The van der Waals surface area contributed by atoms with E-state index in [0.29, 0.717) is 29.8 Å². The molecule has 3 N–H and O–H groups in total. The molecule has 0 fully saturated rings. The van der Waals surface area contributed by atoms with E-state index in [9.17, 15) is 14.7 Å². The fourth-order valence-corrected chi connectivity index (χ4v) is 1.96. The van der Waals surface area contributed by atoms with Crippen molar-refractivity contribution in [3.05, 3.63) is 26.7 Å². The second kappa shape index (κ2) is 4.98. The molecule has 2 rings (SSSR count). The third-order valence-electron chi connectivity index (χ3n) is 3.14. The number of aromatic nitrogens is 4. The number of aliphatic hydroxyl groups excluding tert-OH is 2. The van der Waals surface area contributed by atoms with E-state index in [1.54, 1.807) is 11.6 Å². The van der Waals surface area contributed by atoms with Gasteiger partial charge in [0.1, 0.15) is 5.82 Å². The van der Waals surface area contributed by atoms with Crippen LogP contribution in [0.1, 0.15) is 12.2 Å². The minimum absolute atomic E-state index is 0.310. The van der Waals surface area contributed by atoms with Crippen molar-refractivity contribution in [3.63, 3.8) is 0 Å². The van der Waals surface area contributed by atoms with Crippen LogP contribution in [0.25, 0.3) is 11.2 Å². The normalized spacial score (nSPS) is 13.1. The average molecular weight is 268 g/mol.